The first-order valence-electron chi connectivity index (χ1n) is 9.56. The van der Waals surface area contributed by atoms with E-state index in [4.69, 9.17) is 4.74 Å². The molecule has 1 atom stereocenters. The molecule has 0 unspecified atom stereocenters. The van der Waals surface area contributed by atoms with Gasteiger partial charge in [-0.25, -0.2) is 0 Å². The Kier molecular flexibility index (Phi) is 6.28. The lowest BCUT2D eigenvalue weighted by Gasteiger charge is -2.23. The Bertz CT molecular complexity index is 756. The number of ether oxygens (including phenoxy) is 1. The molecule has 3 rings (SSSR count). The molecule has 3 amide bonds. The van der Waals surface area contributed by atoms with Crippen molar-refractivity contribution in [1.29, 1.82) is 0 Å². The number of anilines is 2. The number of amides is 3. The maximum absolute atomic E-state index is 12.2. The van der Waals surface area contributed by atoms with Gasteiger partial charge in [-0.1, -0.05) is 12.8 Å². The summed E-state index contributed by atoms with van der Waals surface area (Å²) in [5, 5.41) is 5.26. The number of hydrogen-bond acceptors (Lipinski definition) is 5. The third-order valence-corrected chi connectivity index (χ3v) is 5.09. The molecule has 2 aliphatic rings. The highest BCUT2D eigenvalue weighted by molar-refractivity contribution is 5.94. The maximum atomic E-state index is 12.2. The van der Waals surface area contributed by atoms with Gasteiger partial charge in [-0.2, -0.15) is 0 Å². The fourth-order valence-corrected chi connectivity index (χ4v) is 3.75. The van der Waals surface area contributed by atoms with Gasteiger partial charge in [-0.05, 0) is 37.1 Å². The van der Waals surface area contributed by atoms with Crippen molar-refractivity contribution < 1.29 is 23.9 Å². The molecule has 8 nitrogen and oxygen atoms in total. The highest BCUT2D eigenvalue weighted by atomic mass is 16.5. The van der Waals surface area contributed by atoms with Crippen molar-refractivity contribution in [3.05, 3.63) is 24.3 Å². The van der Waals surface area contributed by atoms with Crippen molar-refractivity contribution in [2.24, 2.45) is 5.92 Å². The van der Waals surface area contributed by atoms with Crippen molar-refractivity contribution in [3.63, 3.8) is 0 Å². The summed E-state index contributed by atoms with van der Waals surface area (Å²) >= 11 is 0. The van der Waals surface area contributed by atoms with Crippen LogP contribution in [0.2, 0.25) is 0 Å². The third kappa shape index (κ3) is 5.09. The quantitative estimate of drug-likeness (QED) is 0.726. The molecule has 8 heteroatoms. The van der Waals surface area contributed by atoms with Crippen LogP contribution in [-0.2, 0) is 23.9 Å². The molecule has 2 fully saturated rings. The Morgan fingerprint density at radius 3 is 2.29 bits per heavy atom. The van der Waals surface area contributed by atoms with Gasteiger partial charge in [-0.15, -0.1) is 0 Å². The second-order valence-corrected chi connectivity index (χ2v) is 7.30. The SMILES string of the molecule is CC(=O)Nc1ccc(NC(=O)COC(=O)[C@@H]2CC(=O)N(C3CCCC3)C2)cc1. The Labute approximate surface area is 163 Å². The number of nitrogens with one attached hydrogen (secondary N) is 2. The first-order valence-corrected chi connectivity index (χ1v) is 9.56. The van der Waals surface area contributed by atoms with Crippen LogP contribution in [0, 0.1) is 5.92 Å². The highest BCUT2D eigenvalue weighted by Gasteiger charge is 2.39. The van der Waals surface area contributed by atoms with Crippen molar-refractivity contribution in [2.75, 3.05) is 23.8 Å². The summed E-state index contributed by atoms with van der Waals surface area (Å²) in [6, 6.07) is 6.84. The maximum Gasteiger partial charge on any atom is 0.311 e. The van der Waals surface area contributed by atoms with Crippen molar-refractivity contribution in [2.45, 2.75) is 45.1 Å². The fraction of sp³-hybridized carbons (Fsp3) is 0.500. The average Bonchev–Trinajstić information content (AvgIpc) is 3.30. The molecule has 1 aromatic carbocycles. The summed E-state index contributed by atoms with van der Waals surface area (Å²) in [5.74, 6) is -1.65. The summed E-state index contributed by atoms with van der Waals surface area (Å²) in [7, 11) is 0. The van der Waals surface area contributed by atoms with Crippen LogP contribution in [0.15, 0.2) is 24.3 Å². The summed E-state index contributed by atoms with van der Waals surface area (Å²) in [4.78, 5) is 49.2. The van der Waals surface area contributed by atoms with Gasteiger partial charge in [0.1, 0.15) is 0 Å². The largest absolute Gasteiger partial charge is 0.455 e. The monoisotopic (exact) mass is 387 g/mol. The number of carbonyl (C=O) groups excluding carboxylic acids is 4. The molecule has 1 aliphatic carbocycles. The summed E-state index contributed by atoms with van der Waals surface area (Å²) in [6.45, 7) is 1.39. The first kappa shape index (κ1) is 19.9. The molecular formula is C20H25N3O5. The fourth-order valence-electron chi connectivity index (χ4n) is 3.75. The minimum Gasteiger partial charge on any atom is -0.455 e. The molecule has 1 saturated carbocycles. The van der Waals surface area contributed by atoms with Gasteiger partial charge in [0.05, 0.1) is 5.92 Å². The highest BCUT2D eigenvalue weighted by Crippen LogP contribution is 2.29. The number of nitrogens with zero attached hydrogens (tertiary/aromatic N) is 1. The minimum atomic E-state index is -0.509. The Balaban J connectivity index is 1.43. The van der Waals surface area contributed by atoms with Crippen molar-refractivity contribution >= 4 is 35.1 Å². The van der Waals surface area contributed by atoms with Gasteiger partial charge >= 0.3 is 5.97 Å². The lowest BCUT2D eigenvalue weighted by Crippen LogP contribution is -2.35. The Hall–Kier alpha value is -2.90. The molecule has 1 aliphatic heterocycles. The number of likely N-dealkylation sites (tertiary alicyclic amines) is 1. The van der Waals surface area contributed by atoms with E-state index in [0.717, 1.165) is 25.7 Å². The number of hydrogen-bond donors (Lipinski definition) is 2. The summed E-state index contributed by atoms with van der Waals surface area (Å²) in [6.07, 6.45) is 4.39. The Morgan fingerprint density at radius 1 is 1.07 bits per heavy atom. The molecule has 28 heavy (non-hydrogen) atoms. The zero-order valence-electron chi connectivity index (χ0n) is 15.9. The Morgan fingerprint density at radius 2 is 1.68 bits per heavy atom. The number of esters is 1. The molecule has 1 heterocycles. The predicted octanol–water partition coefficient (Wildman–Crippen LogP) is 1.92. The number of benzene rings is 1. The van der Waals surface area contributed by atoms with Crippen LogP contribution in [0.3, 0.4) is 0 Å². The van der Waals surface area contributed by atoms with Gasteiger partial charge in [-0.3, -0.25) is 19.2 Å². The minimum absolute atomic E-state index is 0.00226. The smallest absolute Gasteiger partial charge is 0.311 e. The van der Waals surface area contributed by atoms with Crippen LogP contribution in [0.25, 0.3) is 0 Å². The molecule has 0 spiro atoms. The molecule has 1 aromatic rings. The lowest BCUT2D eigenvalue weighted by molar-refractivity contribution is -0.151. The van der Waals surface area contributed by atoms with Gasteiger partial charge in [0.25, 0.3) is 5.91 Å². The number of carbonyl (C=O) groups is 4. The summed E-state index contributed by atoms with van der Waals surface area (Å²) < 4.78 is 5.11. The zero-order valence-corrected chi connectivity index (χ0v) is 15.9. The molecule has 150 valence electrons. The second-order valence-electron chi connectivity index (χ2n) is 7.30. The first-order chi connectivity index (χ1) is 13.4. The van der Waals surface area contributed by atoms with E-state index >= 15 is 0 Å². The van der Waals surface area contributed by atoms with E-state index in [-0.39, 0.29) is 24.3 Å². The summed E-state index contributed by atoms with van der Waals surface area (Å²) in [5.41, 5.74) is 1.15. The standard InChI is InChI=1S/C20H25N3O5/c1-13(24)21-15-6-8-16(9-7-15)22-18(25)12-28-20(27)14-10-19(26)23(11-14)17-4-2-3-5-17/h6-9,14,17H,2-5,10-12H2,1H3,(H,21,24)(H,22,25)/t14-/m1/s1. The van der Waals surface area contributed by atoms with Gasteiger partial charge in [0, 0.05) is 37.3 Å². The molecule has 1 saturated heterocycles. The topological polar surface area (TPSA) is 105 Å². The van der Waals surface area contributed by atoms with Crippen LogP contribution >= 0.6 is 0 Å². The number of rotatable bonds is 6. The van der Waals surface area contributed by atoms with E-state index in [1.807, 2.05) is 0 Å². The normalized spacial score (nSPS) is 19.5. The van der Waals surface area contributed by atoms with Crippen LogP contribution in [0.5, 0.6) is 0 Å². The van der Waals surface area contributed by atoms with E-state index in [1.165, 1.54) is 6.92 Å². The molecule has 0 radical (unpaired) electrons. The third-order valence-electron chi connectivity index (χ3n) is 5.09. The van der Waals surface area contributed by atoms with Crippen LogP contribution in [-0.4, -0.2) is 47.8 Å². The van der Waals surface area contributed by atoms with E-state index < -0.39 is 24.4 Å². The predicted molar refractivity (Wildman–Crippen MR) is 102 cm³/mol. The van der Waals surface area contributed by atoms with E-state index in [1.54, 1.807) is 29.2 Å². The average molecular weight is 387 g/mol. The van der Waals surface area contributed by atoms with E-state index in [0.29, 0.717) is 17.9 Å². The molecule has 2 N–H and O–H groups in total. The van der Waals surface area contributed by atoms with Gasteiger partial charge in [0.2, 0.25) is 11.8 Å². The van der Waals surface area contributed by atoms with E-state index in [9.17, 15) is 19.2 Å². The lowest BCUT2D eigenvalue weighted by atomic mass is 10.1. The van der Waals surface area contributed by atoms with Crippen LogP contribution in [0.1, 0.15) is 39.0 Å². The van der Waals surface area contributed by atoms with Crippen molar-refractivity contribution in [1.82, 2.24) is 4.90 Å². The van der Waals surface area contributed by atoms with Crippen LogP contribution < -0.4 is 10.6 Å². The van der Waals surface area contributed by atoms with E-state index in [2.05, 4.69) is 10.6 Å². The van der Waals surface area contributed by atoms with Crippen molar-refractivity contribution in [3.8, 4) is 0 Å². The molecule has 0 aromatic heterocycles. The molecule has 0 bridgehead atoms. The second kappa shape index (κ2) is 8.86. The van der Waals surface area contributed by atoms with Crippen LogP contribution in [0.4, 0.5) is 11.4 Å². The molecular weight excluding hydrogens is 362 g/mol. The van der Waals surface area contributed by atoms with Gasteiger partial charge < -0.3 is 20.3 Å². The zero-order chi connectivity index (χ0) is 20.1. The van der Waals surface area contributed by atoms with Gasteiger partial charge in [0.15, 0.2) is 6.61 Å².